The highest BCUT2D eigenvalue weighted by Gasteiger charge is 2.08. The highest BCUT2D eigenvalue weighted by molar-refractivity contribution is 7.80. The number of hydrogen-bond donors (Lipinski definition) is 3. The van der Waals surface area contributed by atoms with Crippen LogP contribution in [0.3, 0.4) is 0 Å². The number of nitrogens with one attached hydrogen (secondary N) is 3. The molecule has 0 bridgehead atoms. The predicted molar refractivity (Wildman–Crippen MR) is 105 cm³/mol. The first kappa shape index (κ1) is 17.3. The summed E-state index contributed by atoms with van der Waals surface area (Å²) in [5, 5.41) is 8.12. The highest BCUT2D eigenvalue weighted by atomic mass is 35.5. The second-order valence-electron chi connectivity index (χ2n) is 5.09. The molecule has 3 N–H and O–H groups in total. The zero-order chi connectivity index (χ0) is 17.1. The molecule has 124 valence electrons. The Kier molecular flexibility index (Phi) is 5.46. The van der Waals surface area contributed by atoms with Gasteiger partial charge in [-0.2, -0.15) is 0 Å². The maximum absolute atomic E-state index is 6.17. The molecule has 0 aliphatic carbocycles. The first-order valence-electron chi connectivity index (χ1n) is 7.16. The number of benzene rings is 2. The van der Waals surface area contributed by atoms with Crippen molar-refractivity contribution in [3.8, 4) is 0 Å². The fraction of sp³-hybridized carbons (Fsp3) is 0.125. The van der Waals surface area contributed by atoms with Crippen molar-refractivity contribution in [2.24, 2.45) is 0 Å². The molecule has 1 aromatic heterocycles. The maximum atomic E-state index is 6.17. The second kappa shape index (κ2) is 7.57. The van der Waals surface area contributed by atoms with Gasteiger partial charge in [0.2, 0.25) is 5.95 Å². The first-order valence-corrected chi connectivity index (χ1v) is 8.70. The molecule has 0 unspecified atom stereocenters. The fourth-order valence-corrected chi connectivity index (χ4v) is 3.20. The number of anilines is 1. The third kappa shape index (κ3) is 4.11. The number of fused-ring (bicyclic) bond motifs is 1. The molecular weight excluding hydrogens is 387 g/mol. The van der Waals surface area contributed by atoms with Gasteiger partial charge in [-0.15, -0.1) is 0 Å². The van der Waals surface area contributed by atoms with Crippen LogP contribution in [-0.2, 0) is 6.42 Å². The number of para-hydroxylation sites is 2. The summed E-state index contributed by atoms with van der Waals surface area (Å²) in [6, 6.07) is 11.2. The van der Waals surface area contributed by atoms with Crippen molar-refractivity contribution in [3.05, 3.63) is 57.0 Å². The maximum Gasteiger partial charge on any atom is 0.207 e. The van der Waals surface area contributed by atoms with Crippen LogP contribution in [-0.4, -0.2) is 21.6 Å². The molecule has 3 rings (SSSR count). The van der Waals surface area contributed by atoms with Crippen molar-refractivity contribution in [1.82, 2.24) is 15.3 Å². The molecule has 4 nitrogen and oxygen atoms in total. The fourth-order valence-electron chi connectivity index (χ4n) is 2.27. The van der Waals surface area contributed by atoms with E-state index in [0.717, 1.165) is 16.6 Å². The van der Waals surface area contributed by atoms with Crippen LogP contribution < -0.4 is 10.6 Å². The van der Waals surface area contributed by atoms with Gasteiger partial charge in [0, 0.05) is 11.6 Å². The monoisotopic (exact) mass is 398 g/mol. The molecule has 0 atom stereocenters. The van der Waals surface area contributed by atoms with E-state index < -0.39 is 0 Å². The largest absolute Gasteiger partial charge is 0.362 e. The second-order valence-corrected chi connectivity index (χ2v) is 6.72. The molecule has 0 spiro atoms. The molecular formula is C16H13Cl3N4S. The third-order valence-corrected chi connectivity index (χ3v) is 4.68. The number of H-pyrrole nitrogens is 1. The number of halogens is 3. The summed E-state index contributed by atoms with van der Waals surface area (Å²) in [7, 11) is 0. The van der Waals surface area contributed by atoms with Crippen LogP contribution in [0.5, 0.6) is 0 Å². The van der Waals surface area contributed by atoms with Crippen molar-refractivity contribution < 1.29 is 0 Å². The number of imidazole rings is 1. The normalized spacial score (nSPS) is 10.8. The summed E-state index contributed by atoms with van der Waals surface area (Å²) in [5.41, 5.74) is 2.69. The number of thiocarbonyl (C=S) groups is 1. The van der Waals surface area contributed by atoms with Gasteiger partial charge in [-0.25, -0.2) is 4.98 Å². The Hall–Kier alpha value is -1.53. The number of nitrogens with zero attached hydrogens (tertiary/aromatic N) is 1. The lowest BCUT2D eigenvalue weighted by Crippen LogP contribution is -2.30. The molecule has 0 saturated heterocycles. The van der Waals surface area contributed by atoms with Gasteiger partial charge in [0.25, 0.3) is 0 Å². The molecule has 2 aromatic carbocycles. The van der Waals surface area contributed by atoms with E-state index in [-0.39, 0.29) is 0 Å². The van der Waals surface area contributed by atoms with Gasteiger partial charge in [0.05, 0.1) is 21.1 Å². The lowest BCUT2D eigenvalue weighted by molar-refractivity contribution is 0.873. The van der Waals surface area contributed by atoms with Crippen LogP contribution in [0, 0.1) is 0 Å². The molecule has 8 heteroatoms. The van der Waals surface area contributed by atoms with Gasteiger partial charge in [0.1, 0.15) is 0 Å². The lowest BCUT2D eigenvalue weighted by Gasteiger charge is -2.10. The molecule has 0 radical (unpaired) electrons. The van der Waals surface area contributed by atoms with Crippen LogP contribution in [0.15, 0.2) is 36.4 Å². The minimum Gasteiger partial charge on any atom is -0.362 e. The van der Waals surface area contributed by atoms with Gasteiger partial charge in [0.15, 0.2) is 5.11 Å². The molecule has 0 aliphatic heterocycles. The van der Waals surface area contributed by atoms with Crippen molar-refractivity contribution >= 4 is 69.1 Å². The van der Waals surface area contributed by atoms with Crippen LogP contribution in [0.1, 0.15) is 5.56 Å². The van der Waals surface area contributed by atoms with E-state index in [4.69, 9.17) is 47.0 Å². The summed E-state index contributed by atoms with van der Waals surface area (Å²) in [6.45, 7) is 0.586. The molecule has 3 aromatic rings. The van der Waals surface area contributed by atoms with Crippen molar-refractivity contribution in [2.75, 3.05) is 11.9 Å². The van der Waals surface area contributed by atoms with E-state index >= 15 is 0 Å². The number of aromatic amines is 1. The minimum absolute atomic E-state index is 0.446. The van der Waals surface area contributed by atoms with E-state index in [1.807, 2.05) is 24.3 Å². The van der Waals surface area contributed by atoms with Crippen molar-refractivity contribution in [3.63, 3.8) is 0 Å². The number of rotatable bonds is 4. The average Bonchev–Trinajstić information content (AvgIpc) is 2.94. The summed E-state index contributed by atoms with van der Waals surface area (Å²) in [4.78, 5) is 7.56. The third-order valence-electron chi connectivity index (χ3n) is 3.37. The Balaban J connectivity index is 1.56. The Morgan fingerprint density at radius 3 is 2.75 bits per heavy atom. The van der Waals surface area contributed by atoms with E-state index in [1.165, 1.54) is 0 Å². The Morgan fingerprint density at radius 2 is 1.96 bits per heavy atom. The summed E-state index contributed by atoms with van der Waals surface area (Å²) in [5.74, 6) is 0.595. The SMILES string of the molecule is S=C(NCCc1cc(Cl)cc(Cl)c1Cl)Nc1nc2ccccc2[nH]1. The quantitative estimate of drug-likeness (QED) is 0.424. The van der Waals surface area contributed by atoms with Crippen LogP contribution >= 0.6 is 47.0 Å². The van der Waals surface area contributed by atoms with Gasteiger partial charge in [-0.05, 0) is 48.5 Å². The number of aromatic nitrogens is 2. The molecule has 0 saturated carbocycles. The van der Waals surface area contributed by atoms with Gasteiger partial charge >= 0.3 is 0 Å². The molecule has 1 heterocycles. The van der Waals surface area contributed by atoms with E-state index in [9.17, 15) is 0 Å². The van der Waals surface area contributed by atoms with Gasteiger partial charge in [-0.1, -0.05) is 46.9 Å². The summed E-state index contributed by atoms with van der Waals surface area (Å²) >= 11 is 23.5. The standard InChI is InChI=1S/C16H13Cl3N4S/c17-10-7-9(14(19)11(18)8-10)5-6-20-16(24)23-15-21-12-3-1-2-4-13(12)22-15/h1-4,7-8H,5-6H2,(H3,20,21,22,23,24). The highest BCUT2D eigenvalue weighted by Crippen LogP contribution is 2.29. The molecule has 24 heavy (non-hydrogen) atoms. The van der Waals surface area contributed by atoms with Crippen LogP contribution in [0.25, 0.3) is 11.0 Å². The van der Waals surface area contributed by atoms with Crippen LogP contribution in [0.4, 0.5) is 5.95 Å². The Bertz CT molecular complexity index is 861. The predicted octanol–water partition coefficient (Wildman–Crippen LogP) is 5.05. The summed E-state index contributed by atoms with van der Waals surface area (Å²) < 4.78 is 0. The Labute approximate surface area is 159 Å². The first-order chi connectivity index (χ1) is 11.5. The topological polar surface area (TPSA) is 52.7 Å². The zero-order valence-electron chi connectivity index (χ0n) is 12.4. The van der Waals surface area contributed by atoms with Crippen LogP contribution in [0.2, 0.25) is 15.1 Å². The average molecular weight is 400 g/mol. The van der Waals surface area contributed by atoms with E-state index in [2.05, 4.69) is 20.6 Å². The van der Waals surface area contributed by atoms with Gasteiger partial charge in [-0.3, -0.25) is 0 Å². The zero-order valence-corrected chi connectivity index (χ0v) is 15.5. The number of hydrogen-bond acceptors (Lipinski definition) is 2. The molecule has 0 fully saturated rings. The Morgan fingerprint density at radius 1 is 1.17 bits per heavy atom. The van der Waals surface area contributed by atoms with Crippen molar-refractivity contribution in [2.45, 2.75) is 6.42 Å². The van der Waals surface area contributed by atoms with E-state index in [1.54, 1.807) is 12.1 Å². The summed E-state index contributed by atoms with van der Waals surface area (Å²) in [6.07, 6.45) is 0.640. The van der Waals surface area contributed by atoms with Gasteiger partial charge < -0.3 is 15.6 Å². The lowest BCUT2D eigenvalue weighted by atomic mass is 10.1. The molecule has 0 amide bonds. The smallest absolute Gasteiger partial charge is 0.207 e. The van der Waals surface area contributed by atoms with Crippen molar-refractivity contribution in [1.29, 1.82) is 0 Å². The van der Waals surface area contributed by atoms with E-state index in [0.29, 0.717) is 39.1 Å². The minimum atomic E-state index is 0.446. The molecule has 0 aliphatic rings.